The lowest BCUT2D eigenvalue weighted by molar-refractivity contribution is 0.294. The van der Waals surface area contributed by atoms with Crippen molar-refractivity contribution in [3.63, 3.8) is 0 Å². The van der Waals surface area contributed by atoms with Crippen LogP contribution in [0.1, 0.15) is 18.9 Å². The molecule has 0 aliphatic carbocycles. The van der Waals surface area contributed by atoms with Crippen molar-refractivity contribution >= 4 is 40.5 Å². The van der Waals surface area contributed by atoms with E-state index in [-0.39, 0.29) is 15.8 Å². The molecule has 7 heteroatoms. The zero-order valence-corrected chi connectivity index (χ0v) is 15.6. The summed E-state index contributed by atoms with van der Waals surface area (Å²) in [5.41, 5.74) is 1.59. The van der Waals surface area contributed by atoms with Gasteiger partial charge in [-0.25, -0.2) is 0 Å². The molecule has 2 N–H and O–H groups in total. The molecule has 0 aliphatic rings. The van der Waals surface area contributed by atoms with E-state index in [1.165, 1.54) is 0 Å². The molecule has 2 aromatic carbocycles. The van der Waals surface area contributed by atoms with E-state index in [1.54, 1.807) is 19.2 Å². The van der Waals surface area contributed by atoms with Crippen molar-refractivity contribution in [2.75, 3.05) is 19.0 Å². The first-order valence-corrected chi connectivity index (χ1v) is 8.50. The van der Waals surface area contributed by atoms with Crippen LogP contribution >= 0.6 is 34.8 Å². The van der Waals surface area contributed by atoms with E-state index < -0.39 is 0 Å². The molecule has 2 rings (SSSR count). The van der Waals surface area contributed by atoms with Crippen LogP contribution in [0.4, 0.5) is 5.69 Å². The third-order valence-electron chi connectivity index (χ3n) is 3.25. The number of hydrogen-bond acceptors (Lipinski definition) is 4. The maximum atomic E-state index is 9.58. The second kappa shape index (κ2) is 8.56. The summed E-state index contributed by atoms with van der Waals surface area (Å²) >= 11 is 18.1. The van der Waals surface area contributed by atoms with E-state index in [0.29, 0.717) is 35.4 Å². The minimum atomic E-state index is -0.133. The predicted molar refractivity (Wildman–Crippen MR) is 99.2 cm³/mol. The van der Waals surface area contributed by atoms with Crippen LogP contribution in [0.2, 0.25) is 15.1 Å². The zero-order valence-electron chi connectivity index (χ0n) is 13.3. The lowest BCUT2D eigenvalue weighted by Crippen LogP contribution is -2.03. The van der Waals surface area contributed by atoms with E-state index >= 15 is 0 Å². The van der Waals surface area contributed by atoms with Crippen LogP contribution in [0, 0.1) is 0 Å². The highest BCUT2D eigenvalue weighted by atomic mass is 35.5. The first kappa shape index (κ1) is 18.8. The molecule has 0 saturated heterocycles. The van der Waals surface area contributed by atoms with Crippen molar-refractivity contribution in [3.05, 3.63) is 44.9 Å². The minimum Gasteiger partial charge on any atom is -0.505 e. The van der Waals surface area contributed by atoms with Crippen molar-refractivity contribution in [2.45, 2.75) is 19.9 Å². The topological polar surface area (TPSA) is 50.7 Å². The fourth-order valence-electron chi connectivity index (χ4n) is 2.09. The largest absolute Gasteiger partial charge is 0.505 e. The number of phenols is 1. The average molecular weight is 391 g/mol. The van der Waals surface area contributed by atoms with Gasteiger partial charge in [-0.2, -0.15) is 0 Å². The van der Waals surface area contributed by atoms with Crippen LogP contribution in [0.5, 0.6) is 17.2 Å². The Labute approximate surface area is 156 Å². The highest BCUT2D eigenvalue weighted by Gasteiger charge is 2.12. The number of anilines is 1. The van der Waals surface area contributed by atoms with Gasteiger partial charge < -0.3 is 19.9 Å². The summed E-state index contributed by atoms with van der Waals surface area (Å²) in [5.74, 6) is 0.987. The molecule has 0 unspecified atom stereocenters. The Morgan fingerprint density at radius 2 is 1.71 bits per heavy atom. The molecule has 0 heterocycles. The lowest BCUT2D eigenvalue weighted by Gasteiger charge is -2.15. The zero-order chi connectivity index (χ0) is 17.7. The number of benzene rings is 2. The van der Waals surface area contributed by atoms with Crippen molar-refractivity contribution in [1.29, 1.82) is 0 Å². The van der Waals surface area contributed by atoms with Gasteiger partial charge in [0.2, 0.25) is 0 Å². The molecular weight excluding hydrogens is 373 g/mol. The molecule has 4 nitrogen and oxygen atoms in total. The molecular formula is C17H18Cl3NO3. The van der Waals surface area contributed by atoms with E-state index in [2.05, 4.69) is 5.32 Å². The van der Waals surface area contributed by atoms with Gasteiger partial charge in [-0.15, -0.1) is 0 Å². The minimum absolute atomic E-state index is 0.133. The first-order chi connectivity index (χ1) is 11.5. The molecule has 24 heavy (non-hydrogen) atoms. The maximum absolute atomic E-state index is 9.58. The molecule has 0 atom stereocenters. The summed E-state index contributed by atoms with van der Waals surface area (Å²) in [6, 6.07) is 6.86. The molecule has 0 aliphatic heterocycles. The Balaban J connectivity index is 2.17. The number of phenolic OH excluding ortho intramolecular Hbond substituents is 1. The molecule has 0 saturated carbocycles. The fourth-order valence-corrected chi connectivity index (χ4v) is 2.87. The summed E-state index contributed by atoms with van der Waals surface area (Å²) in [6.45, 7) is 3.06. The van der Waals surface area contributed by atoms with Crippen molar-refractivity contribution in [1.82, 2.24) is 0 Å². The van der Waals surface area contributed by atoms with Gasteiger partial charge in [0, 0.05) is 12.2 Å². The number of halogens is 3. The maximum Gasteiger partial charge on any atom is 0.179 e. The highest BCUT2D eigenvalue weighted by Crippen LogP contribution is 2.37. The Bertz CT molecular complexity index is 699. The van der Waals surface area contributed by atoms with Crippen molar-refractivity contribution in [2.24, 2.45) is 0 Å². The quantitative estimate of drug-likeness (QED) is 0.590. The standard InChI is InChI=1S/C17H18Cl3NO3/c1-3-4-24-17-14(20)5-10(6-15(17)23-2)9-21-11-7-12(18)16(22)13(19)8-11/h5-8,21-22H,3-4,9H2,1-2H3. The molecule has 0 amide bonds. The highest BCUT2D eigenvalue weighted by molar-refractivity contribution is 6.37. The van der Waals surface area contributed by atoms with Gasteiger partial charge in [0.15, 0.2) is 17.2 Å². The summed E-state index contributed by atoms with van der Waals surface area (Å²) < 4.78 is 11.0. The second-order valence-corrected chi connectivity index (χ2v) is 6.32. The summed E-state index contributed by atoms with van der Waals surface area (Å²) in [6.07, 6.45) is 0.880. The van der Waals surface area contributed by atoms with Gasteiger partial charge in [-0.1, -0.05) is 41.7 Å². The second-order valence-electron chi connectivity index (χ2n) is 5.10. The van der Waals surface area contributed by atoms with Crippen LogP contribution in [-0.2, 0) is 6.54 Å². The van der Waals surface area contributed by atoms with Crippen LogP contribution in [-0.4, -0.2) is 18.8 Å². The van der Waals surface area contributed by atoms with E-state index in [1.807, 2.05) is 19.1 Å². The Morgan fingerprint density at radius 1 is 1.04 bits per heavy atom. The third kappa shape index (κ3) is 4.53. The Morgan fingerprint density at radius 3 is 2.29 bits per heavy atom. The van der Waals surface area contributed by atoms with E-state index in [4.69, 9.17) is 44.3 Å². The Kier molecular flexibility index (Phi) is 6.72. The Hall–Kier alpha value is -1.49. The van der Waals surface area contributed by atoms with E-state index in [9.17, 15) is 5.11 Å². The summed E-state index contributed by atoms with van der Waals surface area (Å²) in [5, 5.41) is 13.6. The molecule has 2 aromatic rings. The van der Waals surface area contributed by atoms with Crippen molar-refractivity contribution in [3.8, 4) is 17.2 Å². The van der Waals surface area contributed by atoms with Gasteiger partial charge in [0.05, 0.1) is 28.8 Å². The molecule has 0 spiro atoms. The predicted octanol–water partition coefficient (Wildman–Crippen LogP) is 5.76. The fraction of sp³-hybridized carbons (Fsp3) is 0.294. The SMILES string of the molecule is CCCOc1c(Cl)cc(CNc2cc(Cl)c(O)c(Cl)c2)cc1OC. The average Bonchev–Trinajstić information content (AvgIpc) is 2.56. The normalized spacial score (nSPS) is 10.5. The van der Waals surface area contributed by atoms with Gasteiger partial charge in [-0.05, 0) is 36.2 Å². The van der Waals surface area contributed by atoms with Crippen LogP contribution in [0.15, 0.2) is 24.3 Å². The number of rotatable bonds is 7. The van der Waals surface area contributed by atoms with Gasteiger partial charge >= 0.3 is 0 Å². The molecule has 0 radical (unpaired) electrons. The van der Waals surface area contributed by atoms with Gasteiger partial charge in [-0.3, -0.25) is 0 Å². The number of ether oxygens (including phenoxy) is 2. The number of hydrogen-bond donors (Lipinski definition) is 2. The van der Waals surface area contributed by atoms with Crippen molar-refractivity contribution < 1.29 is 14.6 Å². The molecule has 0 bridgehead atoms. The lowest BCUT2D eigenvalue weighted by atomic mass is 10.2. The van der Waals surface area contributed by atoms with Crippen LogP contribution in [0.3, 0.4) is 0 Å². The first-order valence-electron chi connectivity index (χ1n) is 7.37. The summed E-state index contributed by atoms with van der Waals surface area (Å²) in [4.78, 5) is 0. The van der Waals surface area contributed by atoms with Crippen LogP contribution in [0.25, 0.3) is 0 Å². The molecule has 0 fully saturated rings. The van der Waals surface area contributed by atoms with Gasteiger partial charge in [0.25, 0.3) is 0 Å². The number of aromatic hydroxyl groups is 1. The number of methoxy groups -OCH3 is 1. The van der Waals surface area contributed by atoms with Gasteiger partial charge in [0.1, 0.15) is 0 Å². The monoisotopic (exact) mass is 389 g/mol. The van der Waals surface area contributed by atoms with E-state index in [0.717, 1.165) is 12.0 Å². The third-order valence-corrected chi connectivity index (χ3v) is 4.11. The smallest absolute Gasteiger partial charge is 0.179 e. The van der Waals surface area contributed by atoms with Crippen LogP contribution < -0.4 is 14.8 Å². The molecule has 0 aromatic heterocycles. The summed E-state index contributed by atoms with van der Waals surface area (Å²) in [7, 11) is 1.57. The molecule has 130 valence electrons. The number of nitrogens with one attached hydrogen (secondary N) is 1.